The van der Waals surface area contributed by atoms with Gasteiger partial charge in [-0.15, -0.1) is 0 Å². The number of rotatable bonds is 25. The van der Waals surface area contributed by atoms with Crippen LogP contribution in [0.1, 0.15) is 122 Å². The molecule has 0 fully saturated rings. The first-order valence-electron chi connectivity index (χ1n) is 13.2. The molecular weight excluding hydrogens is 390 g/mol. The van der Waals surface area contributed by atoms with Gasteiger partial charge in [-0.25, -0.2) is 0 Å². The summed E-state index contributed by atoms with van der Waals surface area (Å²) in [4.78, 5) is 24.4. The molecule has 0 rings (SSSR count). The molecule has 0 aromatic heterocycles. The molecule has 0 aliphatic carbocycles. The zero-order chi connectivity index (χ0) is 22.8. The fourth-order valence-electron chi connectivity index (χ4n) is 3.85. The van der Waals surface area contributed by atoms with Crippen LogP contribution in [0.4, 0.5) is 0 Å². The zero-order valence-corrected chi connectivity index (χ0v) is 20.5. The second kappa shape index (κ2) is 25.3. The van der Waals surface area contributed by atoms with E-state index in [9.17, 15) is 14.7 Å². The van der Waals surface area contributed by atoms with Crippen molar-refractivity contribution < 1.29 is 19.4 Å². The van der Waals surface area contributed by atoms with Crippen LogP contribution in [0.2, 0.25) is 0 Å². The summed E-state index contributed by atoms with van der Waals surface area (Å²) in [5.41, 5.74) is 0. The summed E-state index contributed by atoms with van der Waals surface area (Å²) in [5, 5.41) is 9.24. The van der Waals surface area contributed by atoms with Gasteiger partial charge in [0.2, 0.25) is 0 Å². The second-order valence-electron chi connectivity index (χ2n) is 8.79. The number of hydrogen-bond acceptors (Lipinski definition) is 5. The second-order valence-corrected chi connectivity index (χ2v) is 8.79. The summed E-state index contributed by atoms with van der Waals surface area (Å²) >= 11 is 0. The molecule has 0 radical (unpaired) electrons. The van der Waals surface area contributed by atoms with E-state index in [1.54, 1.807) is 0 Å². The molecule has 5 heteroatoms. The highest BCUT2D eigenvalue weighted by molar-refractivity contribution is 5.69. The lowest BCUT2D eigenvalue weighted by Crippen LogP contribution is -2.29. The van der Waals surface area contributed by atoms with E-state index >= 15 is 0 Å². The summed E-state index contributed by atoms with van der Waals surface area (Å²) in [6.07, 6.45) is 20.8. The van der Waals surface area contributed by atoms with Crippen molar-refractivity contribution in [3.8, 4) is 0 Å². The largest absolute Gasteiger partial charge is 0.466 e. The van der Waals surface area contributed by atoms with Gasteiger partial charge < -0.3 is 19.5 Å². The molecule has 0 unspecified atom stereocenters. The fraction of sp³-hybridized carbons (Fsp3) is 0.923. The van der Waals surface area contributed by atoms with E-state index in [4.69, 9.17) is 4.74 Å². The molecule has 0 atom stereocenters. The topological polar surface area (TPSA) is 66.8 Å². The van der Waals surface area contributed by atoms with Gasteiger partial charge in [0.05, 0.1) is 13.2 Å². The zero-order valence-electron chi connectivity index (χ0n) is 20.5. The van der Waals surface area contributed by atoms with Crippen molar-refractivity contribution in [1.82, 2.24) is 4.90 Å². The van der Waals surface area contributed by atoms with E-state index in [2.05, 4.69) is 11.8 Å². The lowest BCUT2D eigenvalue weighted by atomic mass is 10.1. The van der Waals surface area contributed by atoms with Crippen molar-refractivity contribution in [1.29, 1.82) is 0 Å². The third kappa shape index (κ3) is 23.5. The molecule has 0 heterocycles. The quantitative estimate of drug-likeness (QED) is 0.106. The Morgan fingerprint density at radius 1 is 0.742 bits per heavy atom. The molecule has 0 bridgehead atoms. The van der Waals surface area contributed by atoms with Crippen molar-refractivity contribution in [3.05, 3.63) is 0 Å². The summed E-state index contributed by atoms with van der Waals surface area (Å²) in [5.74, 6) is -0.0340. The van der Waals surface area contributed by atoms with Crippen LogP contribution in [0.3, 0.4) is 0 Å². The van der Waals surface area contributed by atoms with E-state index in [-0.39, 0.29) is 12.6 Å². The molecule has 184 valence electrons. The van der Waals surface area contributed by atoms with E-state index in [1.165, 1.54) is 44.9 Å². The Balaban J connectivity index is 3.47. The SMILES string of the molecule is CCCCCCCCCOC(=O)CCCCCCCN(CCO)CCCCCCC=O. The van der Waals surface area contributed by atoms with Crippen molar-refractivity contribution >= 4 is 12.3 Å². The Kier molecular flexibility index (Phi) is 24.6. The molecule has 0 aromatic carbocycles. The number of carbonyl (C=O) groups excluding carboxylic acids is 2. The van der Waals surface area contributed by atoms with Crippen LogP contribution in [-0.2, 0) is 14.3 Å². The van der Waals surface area contributed by atoms with Gasteiger partial charge >= 0.3 is 5.97 Å². The molecule has 0 aliphatic heterocycles. The van der Waals surface area contributed by atoms with E-state index in [0.29, 0.717) is 19.4 Å². The average Bonchev–Trinajstić information content (AvgIpc) is 2.77. The van der Waals surface area contributed by atoms with Gasteiger partial charge in [-0.2, -0.15) is 0 Å². The maximum Gasteiger partial charge on any atom is 0.305 e. The van der Waals surface area contributed by atoms with Crippen molar-refractivity contribution in [2.24, 2.45) is 0 Å². The maximum absolute atomic E-state index is 11.8. The van der Waals surface area contributed by atoms with Crippen LogP contribution in [0.25, 0.3) is 0 Å². The number of aliphatic hydroxyl groups excluding tert-OH is 1. The Labute approximate surface area is 192 Å². The summed E-state index contributed by atoms with van der Waals surface area (Å²) < 4.78 is 5.34. The number of esters is 1. The molecule has 0 saturated carbocycles. The highest BCUT2D eigenvalue weighted by Gasteiger charge is 2.05. The minimum Gasteiger partial charge on any atom is -0.466 e. The van der Waals surface area contributed by atoms with Crippen LogP contribution >= 0.6 is 0 Å². The summed E-state index contributed by atoms with van der Waals surface area (Å²) in [7, 11) is 0. The van der Waals surface area contributed by atoms with Gasteiger partial charge in [-0.3, -0.25) is 4.79 Å². The lowest BCUT2D eigenvalue weighted by Gasteiger charge is -2.21. The lowest BCUT2D eigenvalue weighted by molar-refractivity contribution is -0.143. The highest BCUT2D eigenvalue weighted by atomic mass is 16.5. The van der Waals surface area contributed by atoms with Gasteiger partial charge in [0.15, 0.2) is 0 Å². The Bertz CT molecular complexity index is 390. The van der Waals surface area contributed by atoms with Crippen LogP contribution in [0.5, 0.6) is 0 Å². The van der Waals surface area contributed by atoms with Gasteiger partial charge in [-0.1, -0.05) is 77.6 Å². The van der Waals surface area contributed by atoms with Crippen molar-refractivity contribution in [2.45, 2.75) is 122 Å². The number of aldehydes is 1. The molecule has 1 N–H and O–H groups in total. The third-order valence-corrected chi connectivity index (χ3v) is 5.83. The van der Waals surface area contributed by atoms with Gasteiger partial charge in [0, 0.05) is 19.4 Å². The maximum atomic E-state index is 11.8. The number of unbranched alkanes of at least 4 members (excludes halogenated alkanes) is 14. The third-order valence-electron chi connectivity index (χ3n) is 5.83. The van der Waals surface area contributed by atoms with E-state index < -0.39 is 0 Å². The molecule has 0 amide bonds. The minimum absolute atomic E-state index is 0.0340. The molecule has 0 saturated heterocycles. The predicted molar refractivity (Wildman–Crippen MR) is 129 cm³/mol. The van der Waals surface area contributed by atoms with Gasteiger partial charge in [-0.05, 0) is 45.2 Å². The highest BCUT2D eigenvalue weighted by Crippen LogP contribution is 2.10. The first-order chi connectivity index (χ1) is 15.2. The summed E-state index contributed by atoms with van der Waals surface area (Å²) in [6, 6.07) is 0. The van der Waals surface area contributed by atoms with E-state index in [1.807, 2.05) is 0 Å². The average molecular weight is 442 g/mol. The molecule has 0 aliphatic rings. The first kappa shape index (κ1) is 30.1. The Morgan fingerprint density at radius 2 is 1.29 bits per heavy atom. The van der Waals surface area contributed by atoms with Crippen molar-refractivity contribution in [2.75, 3.05) is 32.8 Å². The van der Waals surface area contributed by atoms with Gasteiger partial charge in [0.25, 0.3) is 0 Å². The molecular formula is C26H51NO4. The van der Waals surface area contributed by atoms with E-state index in [0.717, 1.165) is 83.7 Å². The number of aliphatic hydroxyl groups is 1. The first-order valence-corrected chi connectivity index (χ1v) is 13.2. The standard InChI is InChI=1S/C26H51NO4/c1-2-3-4-5-6-13-18-25-31-26(30)19-14-9-7-10-15-20-27(22-24-29)21-16-11-8-12-17-23-28/h23,29H,2-22,24-25H2,1H3. The van der Waals surface area contributed by atoms with Crippen LogP contribution in [-0.4, -0.2) is 55.1 Å². The molecule has 0 spiro atoms. The van der Waals surface area contributed by atoms with Crippen LogP contribution in [0, 0.1) is 0 Å². The summed E-state index contributed by atoms with van der Waals surface area (Å²) in [6.45, 7) is 5.85. The number of carbonyl (C=O) groups is 2. The van der Waals surface area contributed by atoms with Crippen LogP contribution < -0.4 is 0 Å². The molecule has 0 aromatic rings. The fourth-order valence-corrected chi connectivity index (χ4v) is 3.85. The number of ether oxygens (including phenoxy) is 1. The molecule has 31 heavy (non-hydrogen) atoms. The Morgan fingerprint density at radius 3 is 1.90 bits per heavy atom. The van der Waals surface area contributed by atoms with Gasteiger partial charge in [0.1, 0.15) is 6.29 Å². The predicted octanol–water partition coefficient (Wildman–Crippen LogP) is 6.06. The number of hydrogen-bond donors (Lipinski definition) is 1. The van der Waals surface area contributed by atoms with Crippen molar-refractivity contribution in [3.63, 3.8) is 0 Å². The smallest absolute Gasteiger partial charge is 0.305 e. The number of nitrogens with zero attached hydrogens (tertiary/aromatic N) is 1. The molecule has 5 nitrogen and oxygen atoms in total. The monoisotopic (exact) mass is 441 g/mol. The normalized spacial score (nSPS) is 11.2. The van der Waals surface area contributed by atoms with Crippen LogP contribution in [0.15, 0.2) is 0 Å². The minimum atomic E-state index is -0.0340. The Hall–Kier alpha value is -0.940.